The van der Waals surface area contributed by atoms with Crippen molar-refractivity contribution >= 4 is 11.8 Å². The van der Waals surface area contributed by atoms with E-state index >= 15 is 0 Å². The molecule has 0 N–H and O–H groups in total. The maximum atomic E-state index is 4.87. The molecule has 62 valence electrons. The second-order valence-electron chi connectivity index (χ2n) is 1.83. The molecule has 0 fully saturated rings. The second kappa shape index (κ2) is 4.30. The van der Waals surface area contributed by atoms with E-state index in [0.717, 1.165) is 11.7 Å². The molecule has 0 atom stereocenters. The molecule has 1 heterocycles. The van der Waals surface area contributed by atoms with Crippen molar-refractivity contribution < 1.29 is 4.74 Å². The van der Waals surface area contributed by atoms with E-state index < -0.39 is 0 Å². The molecule has 0 saturated carbocycles. The average Bonchev–Trinajstić information content (AvgIpc) is 2.47. The van der Waals surface area contributed by atoms with Crippen LogP contribution in [-0.4, -0.2) is 33.3 Å². The van der Waals surface area contributed by atoms with Gasteiger partial charge in [-0.2, -0.15) is 0 Å². The van der Waals surface area contributed by atoms with Gasteiger partial charge in [-0.05, 0) is 17.4 Å². The fraction of sp³-hybridized carbons (Fsp3) is 0.800. The van der Waals surface area contributed by atoms with Crippen LogP contribution in [0.4, 0.5) is 0 Å². The summed E-state index contributed by atoms with van der Waals surface area (Å²) in [6, 6.07) is 0. The quantitative estimate of drug-likeness (QED) is 0.488. The van der Waals surface area contributed by atoms with Gasteiger partial charge >= 0.3 is 0 Å². The largest absolute Gasteiger partial charge is 0.374 e. The Bertz CT molecular complexity index is 214. The highest BCUT2D eigenvalue weighted by atomic mass is 32.2. The number of tetrazole rings is 1. The first-order chi connectivity index (χ1) is 5.38. The predicted molar refractivity (Wildman–Crippen MR) is 41.2 cm³/mol. The molecule has 1 rings (SSSR count). The highest BCUT2D eigenvalue weighted by Crippen LogP contribution is 2.12. The van der Waals surface area contributed by atoms with Crippen molar-refractivity contribution in [2.75, 3.05) is 13.0 Å². The van der Waals surface area contributed by atoms with Crippen LogP contribution in [0, 0.1) is 0 Å². The normalized spacial score (nSPS) is 10.4. The number of methoxy groups -OCH3 is 1. The van der Waals surface area contributed by atoms with Crippen LogP contribution in [0.3, 0.4) is 0 Å². The predicted octanol–water partition coefficient (Wildman–Crippen LogP) is 0.389. The highest BCUT2D eigenvalue weighted by Gasteiger charge is 2.02. The van der Waals surface area contributed by atoms with Crippen LogP contribution in [0.5, 0.6) is 0 Å². The number of rotatable bonds is 4. The molecule has 0 aliphatic rings. The first kappa shape index (κ1) is 8.48. The lowest BCUT2D eigenvalue weighted by molar-refractivity contribution is 0.258. The number of ether oxygens (including phenoxy) is 1. The van der Waals surface area contributed by atoms with Gasteiger partial charge in [0.25, 0.3) is 0 Å². The van der Waals surface area contributed by atoms with Gasteiger partial charge < -0.3 is 4.74 Å². The fourth-order valence-electron chi connectivity index (χ4n) is 0.610. The summed E-state index contributed by atoms with van der Waals surface area (Å²) in [4.78, 5) is 0. The standard InChI is InChI=1S/C5H10N4OS/c1-3-9-5(6-7-8-9)11-4-10-2/h3-4H2,1-2H3. The number of nitrogens with zero attached hydrogens (tertiary/aromatic N) is 4. The van der Waals surface area contributed by atoms with Crippen molar-refractivity contribution in [2.45, 2.75) is 18.6 Å². The zero-order valence-electron chi connectivity index (χ0n) is 6.52. The van der Waals surface area contributed by atoms with Crippen LogP contribution in [-0.2, 0) is 11.3 Å². The van der Waals surface area contributed by atoms with Gasteiger partial charge in [0.1, 0.15) is 0 Å². The van der Waals surface area contributed by atoms with E-state index in [4.69, 9.17) is 4.74 Å². The molecule has 5 nitrogen and oxygen atoms in total. The molecule has 1 aromatic rings. The monoisotopic (exact) mass is 174 g/mol. The molecule has 0 aromatic carbocycles. The topological polar surface area (TPSA) is 52.8 Å². The van der Waals surface area contributed by atoms with Gasteiger partial charge in [0.15, 0.2) is 0 Å². The molecular formula is C5H10N4OS. The van der Waals surface area contributed by atoms with Gasteiger partial charge in [0.2, 0.25) is 5.16 Å². The van der Waals surface area contributed by atoms with E-state index in [1.165, 1.54) is 11.8 Å². The number of aryl methyl sites for hydroxylation is 1. The smallest absolute Gasteiger partial charge is 0.211 e. The Hall–Kier alpha value is -0.620. The van der Waals surface area contributed by atoms with Crippen molar-refractivity contribution in [3.63, 3.8) is 0 Å². The van der Waals surface area contributed by atoms with E-state index in [0.29, 0.717) is 5.94 Å². The molecule has 0 radical (unpaired) electrons. The first-order valence-electron chi connectivity index (χ1n) is 3.26. The third-order valence-corrected chi connectivity index (χ3v) is 2.01. The molecule has 0 bridgehead atoms. The van der Waals surface area contributed by atoms with Crippen molar-refractivity contribution in [1.29, 1.82) is 0 Å². The lowest BCUT2D eigenvalue weighted by Gasteiger charge is -1.98. The SMILES string of the molecule is CCn1nnnc1SCOC. The molecule has 0 saturated heterocycles. The minimum Gasteiger partial charge on any atom is -0.374 e. The fourth-order valence-corrected chi connectivity index (χ4v) is 1.24. The van der Waals surface area contributed by atoms with Gasteiger partial charge in [0.05, 0.1) is 5.94 Å². The number of thioether (sulfide) groups is 1. The third kappa shape index (κ3) is 2.16. The van der Waals surface area contributed by atoms with Gasteiger partial charge in [0, 0.05) is 13.7 Å². The summed E-state index contributed by atoms with van der Waals surface area (Å²) in [6.07, 6.45) is 0. The summed E-state index contributed by atoms with van der Waals surface area (Å²) in [5.74, 6) is 0.584. The molecule has 0 spiro atoms. The molecule has 1 aromatic heterocycles. The molecular weight excluding hydrogens is 164 g/mol. The third-order valence-electron chi connectivity index (χ3n) is 1.10. The summed E-state index contributed by atoms with van der Waals surface area (Å²) in [7, 11) is 1.65. The van der Waals surface area contributed by atoms with Crippen LogP contribution in [0.25, 0.3) is 0 Å². The van der Waals surface area contributed by atoms with Gasteiger partial charge in [-0.3, -0.25) is 0 Å². The Morgan fingerprint density at radius 3 is 3.09 bits per heavy atom. The lowest BCUT2D eigenvalue weighted by atomic mass is 10.8. The zero-order valence-corrected chi connectivity index (χ0v) is 7.34. The summed E-state index contributed by atoms with van der Waals surface area (Å²) >= 11 is 1.48. The van der Waals surface area contributed by atoms with Crippen LogP contribution in [0.2, 0.25) is 0 Å². The summed E-state index contributed by atoms with van der Waals surface area (Å²) in [5.41, 5.74) is 0. The maximum Gasteiger partial charge on any atom is 0.211 e. The molecule has 0 amide bonds. The van der Waals surface area contributed by atoms with E-state index in [1.807, 2.05) is 6.92 Å². The van der Waals surface area contributed by atoms with Crippen LogP contribution in [0.15, 0.2) is 5.16 Å². The number of aromatic nitrogens is 4. The van der Waals surface area contributed by atoms with E-state index in [1.54, 1.807) is 11.8 Å². The molecule has 0 unspecified atom stereocenters. The van der Waals surface area contributed by atoms with E-state index in [9.17, 15) is 0 Å². The van der Waals surface area contributed by atoms with Crippen LogP contribution < -0.4 is 0 Å². The van der Waals surface area contributed by atoms with Crippen molar-refractivity contribution in [3.8, 4) is 0 Å². The molecule has 6 heteroatoms. The zero-order chi connectivity index (χ0) is 8.10. The maximum absolute atomic E-state index is 4.87. The summed E-state index contributed by atoms with van der Waals surface area (Å²) in [6.45, 7) is 2.78. The van der Waals surface area contributed by atoms with Crippen molar-refractivity contribution in [2.24, 2.45) is 0 Å². The van der Waals surface area contributed by atoms with Gasteiger partial charge in [-0.25, -0.2) is 4.68 Å². The van der Waals surface area contributed by atoms with Crippen LogP contribution in [0.1, 0.15) is 6.92 Å². The summed E-state index contributed by atoms with van der Waals surface area (Å²) < 4.78 is 6.59. The second-order valence-corrected chi connectivity index (χ2v) is 2.72. The van der Waals surface area contributed by atoms with Gasteiger partial charge in [-0.1, -0.05) is 11.8 Å². The van der Waals surface area contributed by atoms with Crippen molar-refractivity contribution in [3.05, 3.63) is 0 Å². The van der Waals surface area contributed by atoms with Gasteiger partial charge in [-0.15, -0.1) is 5.10 Å². The van der Waals surface area contributed by atoms with Crippen LogP contribution >= 0.6 is 11.8 Å². The lowest BCUT2D eigenvalue weighted by Crippen LogP contribution is -1.99. The number of hydrogen-bond acceptors (Lipinski definition) is 5. The highest BCUT2D eigenvalue weighted by molar-refractivity contribution is 7.99. The minimum absolute atomic E-state index is 0.584. The summed E-state index contributed by atoms with van der Waals surface area (Å²) in [5, 5.41) is 11.9. The Morgan fingerprint density at radius 1 is 1.64 bits per heavy atom. The Kier molecular flexibility index (Phi) is 3.31. The Morgan fingerprint density at radius 2 is 2.45 bits per heavy atom. The Balaban J connectivity index is 2.54. The van der Waals surface area contributed by atoms with Crippen molar-refractivity contribution in [1.82, 2.24) is 20.2 Å². The molecule has 0 aliphatic heterocycles. The molecule has 0 aliphatic carbocycles. The van der Waals surface area contributed by atoms with E-state index in [-0.39, 0.29) is 0 Å². The first-order valence-corrected chi connectivity index (χ1v) is 4.25. The number of hydrogen-bond donors (Lipinski definition) is 0. The molecule has 11 heavy (non-hydrogen) atoms. The average molecular weight is 174 g/mol. The minimum atomic E-state index is 0.584. The van der Waals surface area contributed by atoms with E-state index in [2.05, 4.69) is 15.5 Å². The Labute approximate surface area is 69.1 Å².